The lowest BCUT2D eigenvalue weighted by atomic mass is 10.2. The Balaban J connectivity index is 1.74. The highest BCUT2D eigenvalue weighted by Crippen LogP contribution is 2.32. The van der Waals surface area contributed by atoms with Gasteiger partial charge in [0.1, 0.15) is 6.54 Å². The molecule has 0 spiro atoms. The van der Waals surface area contributed by atoms with Crippen molar-refractivity contribution in [1.29, 1.82) is 0 Å². The van der Waals surface area contributed by atoms with E-state index in [1.807, 2.05) is 13.0 Å². The third-order valence-corrected chi connectivity index (χ3v) is 4.03. The standard InChI is InChI=1S/C17H17N3O6/c1-2-18(8-12-3-5-14-15(7-12)26-11-25-14)17(22)10-19-9-13(20(23)24)4-6-16(19)21/h3-7,9H,2,8,10-11H2,1H3. The van der Waals surface area contributed by atoms with Crippen LogP contribution in [0.5, 0.6) is 11.5 Å². The summed E-state index contributed by atoms with van der Waals surface area (Å²) in [6.07, 6.45) is 1.08. The minimum atomic E-state index is -0.607. The van der Waals surface area contributed by atoms with Crippen molar-refractivity contribution < 1.29 is 19.2 Å². The normalized spacial score (nSPS) is 12.0. The van der Waals surface area contributed by atoms with Crippen molar-refractivity contribution in [3.63, 3.8) is 0 Å². The molecule has 2 aromatic rings. The molecule has 136 valence electrons. The van der Waals surface area contributed by atoms with Gasteiger partial charge in [-0.05, 0) is 24.6 Å². The summed E-state index contributed by atoms with van der Waals surface area (Å²) in [5.74, 6) is 0.972. The number of ether oxygens (including phenoxy) is 2. The Bertz CT molecular complexity index is 908. The van der Waals surface area contributed by atoms with Gasteiger partial charge in [-0.1, -0.05) is 6.07 Å². The number of likely N-dealkylation sites (N-methyl/N-ethyl adjacent to an activating group) is 1. The number of nitrogens with zero attached hydrogens (tertiary/aromatic N) is 3. The molecule has 0 bridgehead atoms. The molecule has 3 rings (SSSR count). The van der Waals surface area contributed by atoms with Gasteiger partial charge in [-0.2, -0.15) is 0 Å². The Kier molecular flexibility index (Phi) is 4.87. The Hall–Kier alpha value is -3.36. The monoisotopic (exact) mass is 359 g/mol. The number of carbonyl (C=O) groups is 1. The largest absolute Gasteiger partial charge is 0.454 e. The molecule has 1 aromatic carbocycles. The van der Waals surface area contributed by atoms with Crippen molar-refractivity contribution in [2.75, 3.05) is 13.3 Å². The zero-order chi connectivity index (χ0) is 18.7. The Labute approximate surface area is 148 Å². The first-order valence-electron chi connectivity index (χ1n) is 7.99. The van der Waals surface area contributed by atoms with Crippen LogP contribution in [0.1, 0.15) is 12.5 Å². The molecule has 1 amide bonds. The van der Waals surface area contributed by atoms with Gasteiger partial charge in [-0.3, -0.25) is 24.3 Å². The van der Waals surface area contributed by atoms with Gasteiger partial charge in [0.2, 0.25) is 12.7 Å². The number of pyridine rings is 1. The van der Waals surface area contributed by atoms with Gasteiger partial charge < -0.3 is 14.4 Å². The minimum absolute atomic E-state index is 0.172. The number of aromatic nitrogens is 1. The van der Waals surface area contributed by atoms with E-state index in [0.717, 1.165) is 28.5 Å². The molecule has 0 N–H and O–H groups in total. The van der Waals surface area contributed by atoms with Crippen molar-refractivity contribution >= 4 is 11.6 Å². The molecule has 2 heterocycles. The zero-order valence-corrected chi connectivity index (χ0v) is 14.1. The van der Waals surface area contributed by atoms with Gasteiger partial charge in [0.15, 0.2) is 11.5 Å². The molecule has 0 aliphatic carbocycles. The molecule has 26 heavy (non-hydrogen) atoms. The van der Waals surface area contributed by atoms with Gasteiger partial charge in [0.05, 0.1) is 11.1 Å². The fraction of sp³-hybridized carbons (Fsp3) is 0.294. The third-order valence-electron chi connectivity index (χ3n) is 4.03. The van der Waals surface area contributed by atoms with Crippen molar-refractivity contribution in [1.82, 2.24) is 9.47 Å². The van der Waals surface area contributed by atoms with Crippen LogP contribution in [0.15, 0.2) is 41.3 Å². The molecule has 0 saturated carbocycles. The molecule has 0 radical (unpaired) electrons. The highest BCUT2D eigenvalue weighted by atomic mass is 16.7. The lowest BCUT2D eigenvalue weighted by Gasteiger charge is -2.21. The number of hydrogen-bond donors (Lipinski definition) is 0. The van der Waals surface area contributed by atoms with E-state index in [1.165, 1.54) is 0 Å². The van der Waals surface area contributed by atoms with Crippen molar-refractivity contribution in [3.8, 4) is 11.5 Å². The van der Waals surface area contributed by atoms with Gasteiger partial charge >= 0.3 is 0 Å². The molecule has 0 atom stereocenters. The molecule has 9 heteroatoms. The molecular weight excluding hydrogens is 342 g/mol. The van der Waals surface area contributed by atoms with E-state index < -0.39 is 10.5 Å². The molecule has 1 aliphatic heterocycles. The van der Waals surface area contributed by atoms with Crippen LogP contribution >= 0.6 is 0 Å². The van der Waals surface area contributed by atoms with Gasteiger partial charge in [0, 0.05) is 25.2 Å². The third kappa shape index (κ3) is 3.66. The van der Waals surface area contributed by atoms with E-state index in [9.17, 15) is 19.7 Å². The molecule has 0 fully saturated rings. The molecule has 1 aromatic heterocycles. The maximum Gasteiger partial charge on any atom is 0.285 e. The van der Waals surface area contributed by atoms with Crippen LogP contribution in [0.3, 0.4) is 0 Å². The average molecular weight is 359 g/mol. The second-order valence-corrected chi connectivity index (χ2v) is 5.71. The highest BCUT2D eigenvalue weighted by molar-refractivity contribution is 5.76. The fourth-order valence-electron chi connectivity index (χ4n) is 2.63. The SMILES string of the molecule is CCN(Cc1ccc2c(c1)OCO2)C(=O)Cn1cc([N+](=O)[O-])ccc1=O. The second kappa shape index (κ2) is 7.26. The fourth-order valence-corrected chi connectivity index (χ4v) is 2.63. The van der Waals surface area contributed by atoms with Crippen molar-refractivity contribution in [2.45, 2.75) is 20.0 Å². The smallest absolute Gasteiger partial charge is 0.285 e. The lowest BCUT2D eigenvalue weighted by Crippen LogP contribution is -2.35. The molecule has 9 nitrogen and oxygen atoms in total. The Morgan fingerprint density at radius 2 is 2.04 bits per heavy atom. The van der Waals surface area contributed by atoms with Crippen LogP contribution in [0.4, 0.5) is 5.69 Å². The van der Waals surface area contributed by atoms with Crippen LogP contribution in [-0.4, -0.2) is 33.6 Å². The van der Waals surface area contributed by atoms with Gasteiger partial charge in [0.25, 0.3) is 11.2 Å². The van der Waals surface area contributed by atoms with E-state index in [-0.39, 0.29) is 24.9 Å². The maximum atomic E-state index is 12.6. The predicted molar refractivity (Wildman–Crippen MR) is 91.0 cm³/mol. The molecule has 0 saturated heterocycles. The first-order valence-corrected chi connectivity index (χ1v) is 7.99. The Morgan fingerprint density at radius 1 is 1.27 bits per heavy atom. The minimum Gasteiger partial charge on any atom is -0.454 e. The van der Waals surface area contributed by atoms with E-state index in [1.54, 1.807) is 17.0 Å². The molecule has 0 unspecified atom stereocenters. The van der Waals surface area contributed by atoms with Crippen LogP contribution in [-0.2, 0) is 17.9 Å². The van der Waals surface area contributed by atoms with Crippen LogP contribution in [0, 0.1) is 10.1 Å². The summed E-state index contributed by atoms with van der Waals surface area (Å²) in [6, 6.07) is 7.62. The number of benzene rings is 1. The number of carbonyl (C=O) groups excluding carboxylic acids is 1. The lowest BCUT2D eigenvalue weighted by molar-refractivity contribution is -0.385. The summed E-state index contributed by atoms with van der Waals surface area (Å²) in [5, 5.41) is 10.8. The van der Waals surface area contributed by atoms with Crippen LogP contribution in [0.25, 0.3) is 0 Å². The number of hydrogen-bond acceptors (Lipinski definition) is 6. The number of amides is 1. The summed E-state index contributed by atoms with van der Waals surface area (Å²) >= 11 is 0. The van der Waals surface area contributed by atoms with Crippen LogP contribution in [0.2, 0.25) is 0 Å². The number of fused-ring (bicyclic) bond motifs is 1. The topological polar surface area (TPSA) is 104 Å². The zero-order valence-electron chi connectivity index (χ0n) is 14.1. The maximum absolute atomic E-state index is 12.6. The number of nitro groups is 1. The summed E-state index contributed by atoms with van der Waals surface area (Å²) in [6.45, 7) is 2.48. The van der Waals surface area contributed by atoms with Gasteiger partial charge in [-0.15, -0.1) is 0 Å². The highest BCUT2D eigenvalue weighted by Gasteiger charge is 2.18. The van der Waals surface area contributed by atoms with Gasteiger partial charge in [-0.25, -0.2) is 0 Å². The molecular formula is C17H17N3O6. The summed E-state index contributed by atoms with van der Waals surface area (Å²) < 4.78 is 11.6. The summed E-state index contributed by atoms with van der Waals surface area (Å²) in [4.78, 5) is 36.2. The predicted octanol–water partition coefficient (Wildman–Crippen LogP) is 1.53. The first kappa shape index (κ1) is 17.5. The van der Waals surface area contributed by atoms with E-state index in [2.05, 4.69) is 0 Å². The van der Waals surface area contributed by atoms with E-state index in [0.29, 0.717) is 24.6 Å². The molecule has 1 aliphatic rings. The van der Waals surface area contributed by atoms with Crippen LogP contribution < -0.4 is 15.0 Å². The van der Waals surface area contributed by atoms with E-state index in [4.69, 9.17) is 9.47 Å². The Morgan fingerprint density at radius 3 is 2.77 bits per heavy atom. The van der Waals surface area contributed by atoms with Crippen molar-refractivity contribution in [3.05, 3.63) is 62.6 Å². The summed E-state index contributed by atoms with van der Waals surface area (Å²) in [7, 11) is 0. The quantitative estimate of drug-likeness (QED) is 0.572. The number of rotatable bonds is 6. The second-order valence-electron chi connectivity index (χ2n) is 5.71. The summed E-state index contributed by atoms with van der Waals surface area (Å²) in [5.41, 5.74) is 0.148. The van der Waals surface area contributed by atoms with E-state index >= 15 is 0 Å². The first-order chi connectivity index (χ1) is 12.5. The average Bonchev–Trinajstić information content (AvgIpc) is 3.08. The van der Waals surface area contributed by atoms with Crippen molar-refractivity contribution in [2.24, 2.45) is 0 Å².